The average molecular weight is 238 g/mol. The molecule has 0 radical (unpaired) electrons. The molecule has 1 rings (SSSR count). The minimum absolute atomic E-state index is 0.126. The first-order chi connectivity index (χ1) is 8.22. The van der Waals surface area contributed by atoms with E-state index >= 15 is 0 Å². The Morgan fingerprint density at radius 2 is 1.82 bits per heavy atom. The summed E-state index contributed by atoms with van der Waals surface area (Å²) in [5.41, 5.74) is 0.873. The zero-order valence-corrected chi connectivity index (χ0v) is 10.8. The van der Waals surface area contributed by atoms with Crippen LogP contribution in [0.1, 0.15) is 38.4 Å². The van der Waals surface area contributed by atoms with E-state index < -0.39 is 6.10 Å². The van der Waals surface area contributed by atoms with E-state index in [4.69, 9.17) is 9.47 Å². The second kappa shape index (κ2) is 7.30. The summed E-state index contributed by atoms with van der Waals surface area (Å²) in [6.07, 6.45) is 1.16. The lowest BCUT2D eigenvalue weighted by molar-refractivity contribution is -0.0384. The monoisotopic (exact) mass is 238 g/mol. The molecule has 0 bridgehead atoms. The number of methoxy groups -OCH3 is 1. The molecule has 0 saturated carbocycles. The number of benzene rings is 1. The van der Waals surface area contributed by atoms with Crippen molar-refractivity contribution >= 4 is 0 Å². The van der Waals surface area contributed by atoms with Crippen molar-refractivity contribution in [2.75, 3.05) is 13.7 Å². The SMILES string of the molecule is CCC[C@@H](OCC)[C@H](O)c1ccc(OC)cc1. The van der Waals surface area contributed by atoms with Crippen molar-refractivity contribution in [2.24, 2.45) is 0 Å². The van der Waals surface area contributed by atoms with Gasteiger partial charge in [-0.3, -0.25) is 0 Å². The van der Waals surface area contributed by atoms with Gasteiger partial charge in [0.1, 0.15) is 11.9 Å². The van der Waals surface area contributed by atoms with Crippen molar-refractivity contribution in [3.8, 4) is 5.75 Å². The highest BCUT2D eigenvalue weighted by Gasteiger charge is 2.20. The zero-order valence-electron chi connectivity index (χ0n) is 10.8. The van der Waals surface area contributed by atoms with E-state index in [2.05, 4.69) is 6.92 Å². The fourth-order valence-corrected chi connectivity index (χ4v) is 1.85. The van der Waals surface area contributed by atoms with E-state index in [1.807, 2.05) is 31.2 Å². The average Bonchev–Trinajstić information content (AvgIpc) is 2.38. The minimum atomic E-state index is -0.569. The van der Waals surface area contributed by atoms with Crippen molar-refractivity contribution in [1.29, 1.82) is 0 Å². The highest BCUT2D eigenvalue weighted by molar-refractivity contribution is 5.28. The number of rotatable bonds is 7. The summed E-state index contributed by atoms with van der Waals surface area (Å²) in [6.45, 7) is 4.66. The largest absolute Gasteiger partial charge is 0.497 e. The van der Waals surface area contributed by atoms with Gasteiger partial charge in [-0.1, -0.05) is 25.5 Å². The fourth-order valence-electron chi connectivity index (χ4n) is 1.85. The molecule has 1 aromatic rings. The molecule has 0 aliphatic carbocycles. The topological polar surface area (TPSA) is 38.7 Å². The van der Waals surface area contributed by atoms with E-state index in [1.54, 1.807) is 7.11 Å². The zero-order chi connectivity index (χ0) is 12.7. The summed E-state index contributed by atoms with van der Waals surface area (Å²) in [7, 11) is 1.63. The Labute approximate surface area is 103 Å². The van der Waals surface area contributed by atoms with Crippen molar-refractivity contribution in [1.82, 2.24) is 0 Å². The first kappa shape index (κ1) is 14.0. The Bertz CT molecular complexity index is 302. The highest BCUT2D eigenvalue weighted by Crippen LogP contribution is 2.24. The van der Waals surface area contributed by atoms with Crippen molar-refractivity contribution < 1.29 is 14.6 Å². The predicted molar refractivity (Wildman–Crippen MR) is 68.3 cm³/mol. The van der Waals surface area contributed by atoms with Gasteiger partial charge in [0.2, 0.25) is 0 Å². The van der Waals surface area contributed by atoms with Crippen LogP contribution in [-0.4, -0.2) is 24.9 Å². The van der Waals surface area contributed by atoms with E-state index in [0.717, 1.165) is 24.2 Å². The number of hydrogen-bond acceptors (Lipinski definition) is 3. The predicted octanol–water partition coefficient (Wildman–Crippen LogP) is 2.93. The van der Waals surface area contributed by atoms with E-state index in [1.165, 1.54) is 0 Å². The van der Waals surface area contributed by atoms with Gasteiger partial charge < -0.3 is 14.6 Å². The van der Waals surface area contributed by atoms with Crippen LogP contribution in [0, 0.1) is 0 Å². The van der Waals surface area contributed by atoms with Gasteiger partial charge in [0, 0.05) is 6.61 Å². The molecule has 0 heterocycles. The maximum absolute atomic E-state index is 10.2. The molecule has 0 aromatic heterocycles. The number of aliphatic hydroxyl groups excluding tert-OH is 1. The third-order valence-electron chi connectivity index (χ3n) is 2.76. The van der Waals surface area contributed by atoms with Crippen LogP contribution in [0.25, 0.3) is 0 Å². The molecule has 1 N–H and O–H groups in total. The Kier molecular flexibility index (Phi) is 6.01. The molecule has 0 aliphatic rings. The summed E-state index contributed by atoms with van der Waals surface area (Å²) < 4.78 is 10.7. The summed E-state index contributed by atoms with van der Waals surface area (Å²) in [6, 6.07) is 7.47. The Balaban J connectivity index is 2.73. The van der Waals surface area contributed by atoms with Gasteiger partial charge in [0.25, 0.3) is 0 Å². The molecule has 17 heavy (non-hydrogen) atoms. The van der Waals surface area contributed by atoms with E-state index in [9.17, 15) is 5.11 Å². The molecule has 2 atom stereocenters. The van der Waals surface area contributed by atoms with Crippen LogP contribution in [0.15, 0.2) is 24.3 Å². The Morgan fingerprint density at radius 3 is 2.29 bits per heavy atom. The summed E-state index contributed by atoms with van der Waals surface area (Å²) >= 11 is 0. The lowest BCUT2D eigenvalue weighted by Gasteiger charge is -2.22. The normalized spacial score (nSPS) is 14.4. The van der Waals surface area contributed by atoms with Gasteiger partial charge in [-0.2, -0.15) is 0 Å². The fraction of sp³-hybridized carbons (Fsp3) is 0.571. The van der Waals surface area contributed by atoms with Gasteiger partial charge in [-0.05, 0) is 31.0 Å². The second-order valence-electron chi connectivity index (χ2n) is 4.00. The standard InChI is InChI=1S/C14H22O3/c1-4-6-13(17-5-2)14(15)11-7-9-12(16-3)10-8-11/h7-10,13-15H,4-6H2,1-3H3/t13-,14-/m1/s1. The quantitative estimate of drug-likeness (QED) is 0.793. The van der Waals surface area contributed by atoms with Crippen LogP contribution < -0.4 is 4.74 Å². The van der Waals surface area contributed by atoms with Gasteiger partial charge in [-0.15, -0.1) is 0 Å². The molecule has 3 heteroatoms. The third-order valence-corrected chi connectivity index (χ3v) is 2.76. The highest BCUT2D eigenvalue weighted by atomic mass is 16.5. The molecule has 0 fully saturated rings. The number of aliphatic hydroxyl groups is 1. The van der Waals surface area contributed by atoms with Crippen LogP contribution >= 0.6 is 0 Å². The van der Waals surface area contributed by atoms with Crippen LogP contribution in [0.2, 0.25) is 0 Å². The van der Waals surface area contributed by atoms with E-state index in [-0.39, 0.29) is 6.10 Å². The second-order valence-corrected chi connectivity index (χ2v) is 4.00. The molecule has 96 valence electrons. The molecular formula is C14H22O3. The lowest BCUT2D eigenvalue weighted by Crippen LogP contribution is -2.22. The van der Waals surface area contributed by atoms with Crippen LogP contribution in [-0.2, 0) is 4.74 Å². The van der Waals surface area contributed by atoms with Crippen molar-refractivity contribution in [3.05, 3.63) is 29.8 Å². The smallest absolute Gasteiger partial charge is 0.118 e. The summed E-state index contributed by atoms with van der Waals surface area (Å²) in [4.78, 5) is 0. The molecule has 0 aliphatic heterocycles. The Hall–Kier alpha value is -1.06. The maximum Gasteiger partial charge on any atom is 0.118 e. The minimum Gasteiger partial charge on any atom is -0.497 e. The Morgan fingerprint density at radius 1 is 1.18 bits per heavy atom. The van der Waals surface area contributed by atoms with Crippen LogP contribution in [0.5, 0.6) is 5.75 Å². The molecule has 0 amide bonds. The molecule has 0 saturated heterocycles. The van der Waals surface area contributed by atoms with Gasteiger partial charge in [0.05, 0.1) is 13.2 Å². The summed E-state index contributed by atoms with van der Waals surface area (Å²) in [5, 5.41) is 10.2. The first-order valence-corrected chi connectivity index (χ1v) is 6.16. The molecule has 3 nitrogen and oxygen atoms in total. The number of ether oxygens (including phenoxy) is 2. The lowest BCUT2D eigenvalue weighted by atomic mass is 10.0. The van der Waals surface area contributed by atoms with Crippen LogP contribution in [0.4, 0.5) is 0 Å². The van der Waals surface area contributed by atoms with Gasteiger partial charge in [0.15, 0.2) is 0 Å². The van der Waals surface area contributed by atoms with Crippen molar-refractivity contribution in [3.63, 3.8) is 0 Å². The van der Waals surface area contributed by atoms with Gasteiger partial charge >= 0.3 is 0 Å². The van der Waals surface area contributed by atoms with Gasteiger partial charge in [-0.25, -0.2) is 0 Å². The summed E-state index contributed by atoms with van der Waals surface area (Å²) in [5.74, 6) is 0.796. The first-order valence-electron chi connectivity index (χ1n) is 6.16. The molecule has 0 spiro atoms. The molecule has 0 unspecified atom stereocenters. The molecule has 1 aromatic carbocycles. The van der Waals surface area contributed by atoms with Crippen LogP contribution in [0.3, 0.4) is 0 Å². The van der Waals surface area contributed by atoms with E-state index in [0.29, 0.717) is 6.61 Å². The third kappa shape index (κ3) is 4.02. The maximum atomic E-state index is 10.2. The van der Waals surface area contributed by atoms with Crippen molar-refractivity contribution in [2.45, 2.75) is 38.9 Å². The molecular weight excluding hydrogens is 216 g/mol. The number of hydrogen-bond donors (Lipinski definition) is 1.